The predicted molar refractivity (Wildman–Crippen MR) is 86.8 cm³/mol. The molecule has 1 aromatic heterocycles. The Kier molecular flexibility index (Phi) is 5.40. The molecular formula is C15H18BrNOS. The van der Waals surface area contributed by atoms with Gasteiger partial charge in [0.1, 0.15) is 11.5 Å². The maximum Gasteiger partial charge on any atom is 0.123 e. The molecule has 0 aliphatic heterocycles. The zero-order valence-corrected chi connectivity index (χ0v) is 13.6. The minimum atomic E-state index is 0.725. The van der Waals surface area contributed by atoms with E-state index in [1.165, 1.54) is 11.3 Å². The summed E-state index contributed by atoms with van der Waals surface area (Å²) in [6.07, 6.45) is 3.09. The molecule has 1 N–H and O–H groups in total. The van der Waals surface area contributed by atoms with Crippen LogP contribution < -0.4 is 5.32 Å². The first kappa shape index (κ1) is 14.5. The third-order valence-electron chi connectivity index (χ3n) is 2.91. The monoisotopic (exact) mass is 339 g/mol. The van der Waals surface area contributed by atoms with E-state index in [1.807, 2.05) is 6.07 Å². The fourth-order valence-corrected chi connectivity index (χ4v) is 2.79. The quantitative estimate of drug-likeness (QED) is 0.794. The number of benzene rings is 1. The Morgan fingerprint density at radius 2 is 2.00 bits per heavy atom. The van der Waals surface area contributed by atoms with Gasteiger partial charge in [-0.05, 0) is 48.6 Å². The normalized spacial score (nSPS) is 10.7. The van der Waals surface area contributed by atoms with E-state index in [1.54, 1.807) is 11.8 Å². The molecule has 4 heteroatoms. The average molecular weight is 340 g/mol. The molecule has 0 saturated heterocycles. The van der Waals surface area contributed by atoms with Crippen molar-refractivity contribution >= 4 is 33.4 Å². The molecule has 19 heavy (non-hydrogen) atoms. The molecule has 0 fully saturated rings. The highest BCUT2D eigenvalue weighted by atomic mass is 79.9. The zero-order valence-electron chi connectivity index (χ0n) is 11.2. The first-order valence-electron chi connectivity index (χ1n) is 6.31. The Hall–Kier alpha value is -0.870. The van der Waals surface area contributed by atoms with E-state index in [-0.39, 0.29) is 0 Å². The minimum Gasteiger partial charge on any atom is -0.463 e. The largest absolute Gasteiger partial charge is 0.463 e. The summed E-state index contributed by atoms with van der Waals surface area (Å²) in [5.74, 6) is 2.95. The highest BCUT2D eigenvalue weighted by Crippen LogP contribution is 2.22. The van der Waals surface area contributed by atoms with Crippen LogP contribution in [0, 0.1) is 0 Å². The van der Waals surface area contributed by atoms with E-state index in [0.29, 0.717) is 0 Å². The number of furan rings is 1. The second kappa shape index (κ2) is 7.06. The third kappa shape index (κ3) is 4.05. The van der Waals surface area contributed by atoms with Crippen molar-refractivity contribution in [1.82, 2.24) is 0 Å². The first-order valence-corrected chi connectivity index (χ1v) is 8.50. The fraction of sp³-hybridized carbons (Fsp3) is 0.333. The molecule has 0 aliphatic carbocycles. The third-order valence-corrected chi connectivity index (χ3v) is 3.97. The molecule has 0 spiro atoms. The maximum absolute atomic E-state index is 5.75. The molecule has 1 heterocycles. The van der Waals surface area contributed by atoms with Gasteiger partial charge < -0.3 is 9.73 Å². The number of aryl methyl sites for hydroxylation is 1. The van der Waals surface area contributed by atoms with Crippen molar-refractivity contribution in [2.45, 2.75) is 25.6 Å². The molecule has 0 amide bonds. The van der Waals surface area contributed by atoms with Gasteiger partial charge in [0.25, 0.3) is 0 Å². The number of hydrogen-bond acceptors (Lipinski definition) is 3. The molecule has 2 nitrogen and oxygen atoms in total. The van der Waals surface area contributed by atoms with Gasteiger partial charge in [-0.15, -0.1) is 0 Å². The average Bonchev–Trinajstić information content (AvgIpc) is 2.85. The van der Waals surface area contributed by atoms with Crippen LogP contribution in [0.1, 0.15) is 24.0 Å². The van der Waals surface area contributed by atoms with Gasteiger partial charge in [0, 0.05) is 10.2 Å². The van der Waals surface area contributed by atoms with Gasteiger partial charge in [0.05, 0.1) is 12.3 Å². The van der Waals surface area contributed by atoms with Crippen LogP contribution in [0.25, 0.3) is 0 Å². The zero-order chi connectivity index (χ0) is 13.7. The topological polar surface area (TPSA) is 25.2 Å². The van der Waals surface area contributed by atoms with Crippen molar-refractivity contribution in [2.24, 2.45) is 0 Å². The van der Waals surface area contributed by atoms with E-state index >= 15 is 0 Å². The second-order valence-electron chi connectivity index (χ2n) is 4.31. The molecule has 0 unspecified atom stereocenters. The van der Waals surface area contributed by atoms with Crippen molar-refractivity contribution in [3.8, 4) is 0 Å². The Morgan fingerprint density at radius 1 is 1.21 bits per heavy atom. The van der Waals surface area contributed by atoms with Crippen LogP contribution in [0.5, 0.6) is 0 Å². The molecular weight excluding hydrogens is 322 g/mol. The van der Waals surface area contributed by atoms with Crippen molar-refractivity contribution in [3.63, 3.8) is 0 Å². The van der Waals surface area contributed by atoms with Gasteiger partial charge in [0.2, 0.25) is 0 Å². The smallest absolute Gasteiger partial charge is 0.123 e. The van der Waals surface area contributed by atoms with Crippen LogP contribution in [0.4, 0.5) is 5.69 Å². The van der Waals surface area contributed by atoms with Crippen molar-refractivity contribution in [3.05, 3.63) is 51.9 Å². The Bertz CT molecular complexity index is 539. The summed E-state index contributed by atoms with van der Waals surface area (Å²) < 4.78 is 6.87. The molecule has 0 bridgehead atoms. The summed E-state index contributed by atoms with van der Waals surface area (Å²) in [6.45, 7) is 2.89. The molecule has 0 saturated carbocycles. The van der Waals surface area contributed by atoms with E-state index in [4.69, 9.17) is 4.42 Å². The molecule has 0 aliphatic rings. The number of thioether (sulfide) groups is 1. The summed E-state index contributed by atoms with van der Waals surface area (Å²) in [5.41, 5.74) is 2.48. The lowest BCUT2D eigenvalue weighted by Crippen LogP contribution is -2.01. The Labute approximate surface area is 127 Å². The van der Waals surface area contributed by atoms with Crippen molar-refractivity contribution in [2.75, 3.05) is 11.6 Å². The molecule has 1 aromatic carbocycles. The van der Waals surface area contributed by atoms with Crippen LogP contribution >= 0.6 is 27.7 Å². The van der Waals surface area contributed by atoms with Crippen LogP contribution in [0.15, 0.2) is 39.2 Å². The number of rotatable bonds is 6. The Balaban J connectivity index is 2.01. The van der Waals surface area contributed by atoms with E-state index in [9.17, 15) is 0 Å². The van der Waals surface area contributed by atoms with E-state index < -0.39 is 0 Å². The molecule has 0 radical (unpaired) electrons. The highest BCUT2D eigenvalue weighted by Gasteiger charge is 2.04. The van der Waals surface area contributed by atoms with Crippen LogP contribution in [0.3, 0.4) is 0 Å². The minimum absolute atomic E-state index is 0.725. The molecule has 0 atom stereocenters. The first-order chi connectivity index (χ1) is 9.22. The van der Waals surface area contributed by atoms with Crippen molar-refractivity contribution < 1.29 is 4.42 Å². The number of hydrogen-bond donors (Lipinski definition) is 1. The summed E-state index contributed by atoms with van der Waals surface area (Å²) in [5, 5.41) is 3.44. The summed E-state index contributed by atoms with van der Waals surface area (Å²) in [4.78, 5) is 0. The van der Waals surface area contributed by atoms with Gasteiger partial charge in [0.15, 0.2) is 0 Å². The van der Waals surface area contributed by atoms with E-state index in [2.05, 4.69) is 58.7 Å². The van der Waals surface area contributed by atoms with E-state index in [0.717, 1.165) is 34.7 Å². The van der Waals surface area contributed by atoms with Crippen LogP contribution in [0.2, 0.25) is 0 Å². The van der Waals surface area contributed by atoms with Gasteiger partial charge in [-0.2, -0.15) is 11.8 Å². The fourth-order valence-electron chi connectivity index (χ4n) is 1.95. The van der Waals surface area contributed by atoms with Gasteiger partial charge in [-0.3, -0.25) is 0 Å². The number of halogens is 1. The lowest BCUT2D eigenvalue weighted by atomic mass is 10.1. The second-order valence-corrected chi connectivity index (χ2v) is 6.09. The lowest BCUT2D eigenvalue weighted by Gasteiger charge is -2.10. The van der Waals surface area contributed by atoms with Crippen LogP contribution in [-0.4, -0.2) is 6.26 Å². The molecule has 2 aromatic rings. The van der Waals surface area contributed by atoms with Crippen LogP contribution in [-0.2, 0) is 18.7 Å². The van der Waals surface area contributed by atoms with Gasteiger partial charge in [-0.25, -0.2) is 0 Å². The number of nitrogens with one attached hydrogen (secondary N) is 1. The van der Waals surface area contributed by atoms with Crippen molar-refractivity contribution in [1.29, 1.82) is 0 Å². The number of anilines is 1. The lowest BCUT2D eigenvalue weighted by molar-refractivity contribution is 0.487. The molecule has 2 rings (SSSR count). The van der Waals surface area contributed by atoms with Gasteiger partial charge >= 0.3 is 0 Å². The van der Waals surface area contributed by atoms with Gasteiger partial charge in [-0.1, -0.05) is 22.9 Å². The maximum atomic E-state index is 5.75. The Morgan fingerprint density at radius 3 is 2.74 bits per heavy atom. The summed E-state index contributed by atoms with van der Waals surface area (Å²) in [6, 6.07) is 10.4. The summed E-state index contributed by atoms with van der Waals surface area (Å²) >= 11 is 5.28. The predicted octanol–water partition coefficient (Wildman–Crippen LogP) is 5.08. The highest BCUT2D eigenvalue weighted by molar-refractivity contribution is 9.10. The SMILES string of the molecule is CCc1cc(Br)ccc1NCc1ccc(CSC)o1. The summed E-state index contributed by atoms with van der Waals surface area (Å²) in [7, 11) is 0. The molecule has 102 valence electrons. The standard InChI is InChI=1S/C15H18BrNOS/c1-3-11-8-12(16)4-7-15(11)17-9-13-5-6-14(18-13)10-19-2/h4-8,17H,3,9-10H2,1-2H3.